The first kappa shape index (κ1) is 9.73. The van der Waals surface area contributed by atoms with Crippen LogP contribution in [0.5, 0.6) is 0 Å². The van der Waals surface area contributed by atoms with E-state index in [0.29, 0.717) is 13.1 Å². The van der Waals surface area contributed by atoms with Crippen molar-refractivity contribution < 1.29 is 4.79 Å². The molecule has 1 rings (SSSR count). The molecule has 3 N–H and O–H groups in total. The maximum atomic E-state index is 11.1. The fourth-order valence-corrected chi connectivity index (χ4v) is 0.876. The molecule has 13 heavy (non-hydrogen) atoms. The molecule has 0 saturated heterocycles. The largest absolute Gasteiger partial charge is 0.351 e. The van der Waals surface area contributed by atoms with Crippen LogP contribution in [0.1, 0.15) is 12.5 Å². The molecule has 0 aromatic carbocycles. The molecule has 5 heteroatoms. The highest BCUT2D eigenvalue weighted by molar-refractivity contribution is 5.77. The third-order valence-electron chi connectivity index (χ3n) is 1.58. The number of hydrogen-bond donors (Lipinski definition) is 3. The van der Waals surface area contributed by atoms with Crippen LogP contribution in [-0.2, 0) is 11.3 Å². The van der Waals surface area contributed by atoms with E-state index in [1.165, 1.54) is 0 Å². The van der Waals surface area contributed by atoms with E-state index in [-0.39, 0.29) is 5.91 Å². The van der Waals surface area contributed by atoms with Gasteiger partial charge in [-0.25, -0.2) is 0 Å². The molecule has 72 valence electrons. The maximum Gasteiger partial charge on any atom is 0.234 e. The van der Waals surface area contributed by atoms with Crippen molar-refractivity contribution in [1.82, 2.24) is 20.8 Å². The molecule has 5 nitrogen and oxygen atoms in total. The van der Waals surface area contributed by atoms with E-state index in [0.717, 1.165) is 12.1 Å². The van der Waals surface area contributed by atoms with E-state index in [1.807, 2.05) is 6.92 Å². The summed E-state index contributed by atoms with van der Waals surface area (Å²) in [6.45, 7) is 3.66. The summed E-state index contributed by atoms with van der Waals surface area (Å²) in [6, 6.07) is 0. The molecule has 1 heterocycles. The lowest BCUT2D eigenvalue weighted by atomic mass is 10.3. The average Bonchev–Trinajstić information content (AvgIpc) is 2.64. The second-order valence-electron chi connectivity index (χ2n) is 2.66. The van der Waals surface area contributed by atoms with Gasteiger partial charge in [0, 0.05) is 18.3 Å². The summed E-state index contributed by atoms with van der Waals surface area (Å²) in [7, 11) is 0. The van der Waals surface area contributed by atoms with Gasteiger partial charge in [0.1, 0.15) is 0 Å². The molecule has 0 fully saturated rings. The number of amides is 1. The minimum atomic E-state index is 0.00282. The molecule has 0 unspecified atom stereocenters. The van der Waals surface area contributed by atoms with E-state index in [4.69, 9.17) is 0 Å². The molecule has 0 aliphatic heterocycles. The molecule has 0 bridgehead atoms. The molecule has 0 aliphatic carbocycles. The summed E-state index contributed by atoms with van der Waals surface area (Å²) in [4.78, 5) is 11.1. The first-order valence-corrected chi connectivity index (χ1v) is 4.28. The third-order valence-corrected chi connectivity index (χ3v) is 1.58. The van der Waals surface area contributed by atoms with Gasteiger partial charge in [-0.15, -0.1) is 0 Å². The van der Waals surface area contributed by atoms with E-state index in [2.05, 4.69) is 20.8 Å². The maximum absolute atomic E-state index is 11.1. The van der Waals surface area contributed by atoms with Crippen LogP contribution in [0.15, 0.2) is 12.4 Å². The summed E-state index contributed by atoms with van der Waals surface area (Å²) in [5.41, 5.74) is 0.977. The number of likely N-dealkylation sites (N-methyl/N-ethyl adjacent to an activating group) is 1. The summed E-state index contributed by atoms with van der Waals surface area (Å²) in [5.74, 6) is 0.00282. The first-order chi connectivity index (χ1) is 6.33. The smallest absolute Gasteiger partial charge is 0.234 e. The van der Waals surface area contributed by atoms with Gasteiger partial charge in [0.2, 0.25) is 5.91 Å². The Balaban J connectivity index is 2.15. The molecular formula is C8H14N4O. The molecule has 0 aliphatic rings. The standard InChI is InChI=1S/C8H14N4O/c1-2-9-6-8(13)10-3-7-4-11-12-5-7/h4-5,9H,2-3,6H2,1H3,(H,10,13)(H,11,12). The van der Waals surface area contributed by atoms with Crippen LogP contribution >= 0.6 is 0 Å². The van der Waals surface area contributed by atoms with Crippen LogP contribution in [0.25, 0.3) is 0 Å². The lowest BCUT2D eigenvalue weighted by molar-refractivity contribution is -0.120. The summed E-state index contributed by atoms with van der Waals surface area (Å²) >= 11 is 0. The Kier molecular flexibility index (Phi) is 3.98. The zero-order valence-corrected chi connectivity index (χ0v) is 7.63. The summed E-state index contributed by atoms with van der Waals surface area (Å²) in [6.07, 6.45) is 3.45. The highest BCUT2D eigenvalue weighted by atomic mass is 16.1. The number of aromatic amines is 1. The van der Waals surface area contributed by atoms with Crippen LogP contribution in [0, 0.1) is 0 Å². The monoisotopic (exact) mass is 182 g/mol. The molecule has 1 aromatic rings. The fourth-order valence-electron chi connectivity index (χ4n) is 0.876. The topological polar surface area (TPSA) is 69.8 Å². The van der Waals surface area contributed by atoms with Crippen molar-refractivity contribution in [2.45, 2.75) is 13.5 Å². The van der Waals surface area contributed by atoms with Crippen molar-refractivity contribution in [3.8, 4) is 0 Å². The summed E-state index contributed by atoms with van der Waals surface area (Å²) in [5, 5.41) is 12.2. The zero-order valence-electron chi connectivity index (χ0n) is 7.63. The van der Waals surface area contributed by atoms with Gasteiger partial charge in [-0.1, -0.05) is 6.92 Å². The Labute approximate surface area is 76.9 Å². The number of nitrogens with one attached hydrogen (secondary N) is 3. The minimum Gasteiger partial charge on any atom is -0.351 e. The van der Waals surface area contributed by atoms with Crippen molar-refractivity contribution in [3.05, 3.63) is 18.0 Å². The van der Waals surface area contributed by atoms with Crippen LogP contribution in [0.2, 0.25) is 0 Å². The van der Waals surface area contributed by atoms with E-state index in [9.17, 15) is 4.79 Å². The predicted molar refractivity (Wildman–Crippen MR) is 49.0 cm³/mol. The Morgan fingerprint density at radius 3 is 3.15 bits per heavy atom. The third kappa shape index (κ3) is 3.71. The second-order valence-corrected chi connectivity index (χ2v) is 2.66. The van der Waals surface area contributed by atoms with Gasteiger partial charge in [0.25, 0.3) is 0 Å². The van der Waals surface area contributed by atoms with Crippen molar-refractivity contribution >= 4 is 5.91 Å². The van der Waals surface area contributed by atoms with Crippen molar-refractivity contribution in [1.29, 1.82) is 0 Å². The Morgan fingerprint density at radius 1 is 1.69 bits per heavy atom. The van der Waals surface area contributed by atoms with E-state index in [1.54, 1.807) is 12.4 Å². The highest BCUT2D eigenvalue weighted by Crippen LogP contribution is 1.90. The molecule has 0 atom stereocenters. The molecule has 0 spiro atoms. The van der Waals surface area contributed by atoms with Crippen LogP contribution in [0.4, 0.5) is 0 Å². The van der Waals surface area contributed by atoms with Gasteiger partial charge in [-0.05, 0) is 6.54 Å². The Bertz CT molecular complexity index is 245. The lowest BCUT2D eigenvalue weighted by Crippen LogP contribution is -2.33. The second kappa shape index (κ2) is 5.31. The van der Waals surface area contributed by atoms with E-state index < -0.39 is 0 Å². The van der Waals surface area contributed by atoms with Crippen molar-refractivity contribution in [3.63, 3.8) is 0 Å². The van der Waals surface area contributed by atoms with Gasteiger partial charge in [-0.2, -0.15) is 5.10 Å². The quantitative estimate of drug-likeness (QED) is 0.582. The Morgan fingerprint density at radius 2 is 2.54 bits per heavy atom. The average molecular weight is 182 g/mol. The molecule has 0 saturated carbocycles. The van der Waals surface area contributed by atoms with Crippen molar-refractivity contribution in [2.75, 3.05) is 13.1 Å². The normalized spacial score (nSPS) is 9.92. The Hall–Kier alpha value is -1.36. The van der Waals surface area contributed by atoms with Gasteiger partial charge < -0.3 is 10.6 Å². The fraction of sp³-hybridized carbons (Fsp3) is 0.500. The predicted octanol–water partition coefficient (Wildman–Crippen LogP) is -0.365. The summed E-state index contributed by atoms with van der Waals surface area (Å²) < 4.78 is 0. The number of H-pyrrole nitrogens is 1. The minimum absolute atomic E-state index is 0.00282. The number of hydrogen-bond acceptors (Lipinski definition) is 3. The molecule has 0 radical (unpaired) electrons. The zero-order chi connectivity index (χ0) is 9.52. The van der Waals surface area contributed by atoms with Gasteiger partial charge >= 0.3 is 0 Å². The number of carbonyl (C=O) groups is 1. The number of carbonyl (C=O) groups excluding carboxylic acids is 1. The van der Waals surface area contributed by atoms with Crippen LogP contribution < -0.4 is 10.6 Å². The molecular weight excluding hydrogens is 168 g/mol. The van der Waals surface area contributed by atoms with Crippen LogP contribution in [0.3, 0.4) is 0 Å². The van der Waals surface area contributed by atoms with Gasteiger partial charge in [-0.3, -0.25) is 9.89 Å². The molecule has 1 amide bonds. The number of aromatic nitrogens is 2. The van der Waals surface area contributed by atoms with Crippen LogP contribution in [-0.4, -0.2) is 29.2 Å². The van der Waals surface area contributed by atoms with E-state index >= 15 is 0 Å². The van der Waals surface area contributed by atoms with Crippen molar-refractivity contribution in [2.24, 2.45) is 0 Å². The number of rotatable bonds is 5. The highest BCUT2D eigenvalue weighted by Gasteiger charge is 1.99. The van der Waals surface area contributed by atoms with Gasteiger partial charge in [0.15, 0.2) is 0 Å². The molecule has 1 aromatic heterocycles. The lowest BCUT2D eigenvalue weighted by Gasteiger charge is -2.02. The SMILES string of the molecule is CCNCC(=O)NCc1cn[nH]c1. The van der Waals surface area contributed by atoms with Gasteiger partial charge in [0.05, 0.1) is 12.7 Å². The first-order valence-electron chi connectivity index (χ1n) is 4.28. The number of nitrogens with zero attached hydrogens (tertiary/aromatic N) is 1.